The SMILES string of the molecule is Cc1c(C2CN3CCN(C(=O)Cc4ccc(-n5cnnn5)nc4)CC3CO2)cccc1-n1cnnn1. The standard InChI is InChI=1S/C23H25N11O2/c1-16-19(3-2-4-20(16)33-14-25-27-29-33)21-12-31-7-8-32(11-18(31)13-36-21)23(35)9-17-5-6-22(24-10-17)34-15-26-28-30-34/h2-6,10,14-15,18,21H,7-9,11-13H2,1H3. The van der Waals surface area contributed by atoms with E-state index in [0.29, 0.717) is 31.9 Å². The van der Waals surface area contributed by atoms with Gasteiger partial charge in [0.25, 0.3) is 0 Å². The third kappa shape index (κ3) is 4.33. The molecule has 5 heterocycles. The predicted molar refractivity (Wildman–Crippen MR) is 125 cm³/mol. The van der Waals surface area contributed by atoms with Crippen molar-refractivity contribution in [3.8, 4) is 11.5 Å². The van der Waals surface area contributed by atoms with Gasteiger partial charge in [0, 0.05) is 32.4 Å². The Kier molecular flexibility index (Phi) is 5.91. The van der Waals surface area contributed by atoms with Crippen LogP contribution in [0.1, 0.15) is 22.8 Å². The number of rotatable bonds is 5. The van der Waals surface area contributed by atoms with Gasteiger partial charge in [0.05, 0.1) is 30.9 Å². The highest BCUT2D eigenvalue weighted by molar-refractivity contribution is 5.79. The molecule has 184 valence electrons. The molecule has 2 saturated heterocycles. The molecule has 2 atom stereocenters. The minimum absolute atomic E-state index is 0.0373. The van der Waals surface area contributed by atoms with E-state index in [0.717, 1.165) is 35.5 Å². The summed E-state index contributed by atoms with van der Waals surface area (Å²) in [6.07, 6.45) is 5.05. The van der Waals surface area contributed by atoms with Crippen molar-refractivity contribution in [3.63, 3.8) is 0 Å². The van der Waals surface area contributed by atoms with E-state index in [9.17, 15) is 4.79 Å². The van der Waals surface area contributed by atoms with Crippen LogP contribution in [-0.2, 0) is 16.0 Å². The van der Waals surface area contributed by atoms with Gasteiger partial charge in [-0.05, 0) is 56.6 Å². The highest BCUT2D eigenvalue weighted by atomic mass is 16.5. The van der Waals surface area contributed by atoms with Crippen molar-refractivity contribution in [3.05, 3.63) is 65.9 Å². The molecule has 0 aliphatic carbocycles. The Morgan fingerprint density at radius 1 is 1.03 bits per heavy atom. The smallest absolute Gasteiger partial charge is 0.227 e. The number of nitrogens with zero attached hydrogens (tertiary/aromatic N) is 11. The van der Waals surface area contributed by atoms with E-state index in [1.54, 1.807) is 17.2 Å². The van der Waals surface area contributed by atoms with Gasteiger partial charge in [-0.2, -0.15) is 4.68 Å². The summed E-state index contributed by atoms with van der Waals surface area (Å²) in [4.78, 5) is 21.7. The second-order valence-corrected chi connectivity index (χ2v) is 9.01. The molecule has 1 amide bonds. The lowest BCUT2D eigenvalue weighted by molar-refractivity contribution is -0.139. The summed E-state index contributed by atoms with van der Waals surface area (Å²) >= 11 is 0. The zero-order chi connectivity index (χ0) is 24.5. The van der Waals surface area contributed by atoms with Crippen molar-refractivity contribution in [1.82, 2.24) is 55.2 Å². The van der Waals surface area contributed by atoms with E-state index in [4.69, 9.17) is 4.74 Å². The Bertz CT molecular complexity index is 1320. The number of pyridine rings is 1. The van der Waals surface area contributed by atoms with E-state index in [-0.39, 0.29) is 18.1 Å². The molecule has 0 saturated carbocycles. The molecule has 2 aliphatic heterocycles. The lowest BCUT2D eigenvalue weighted by Crippen LogP contribution is -2.59. The molecule has 1 aromatic carbocycles. The first-order valence-corrected chi connectivity index (χ1v) is 11.8. The van der Waals surface area contributed by atoms with Gasteiger partial charge < -0.3 is 9.64 Å². The molecular weight excluding hydrogens is 462 g/mol. The fourth-order valence-electron chi connectivity index (χ4n) is 4.92. The largest absolute Gasteiger partial charge is 0.370 e. The number of piperazine rings is 1. The zero-order valence-corrected chi connectivity index (χ0v) is 19.8. The van der Waals surface area contributed by atoms with Crippen LogP contribution in [0.4, 0.5) is 0 Å². The molecule has 13 nitrogen and oxygen atoms in total. The summed E-state index contributed by atoms with van der Waals surface area (Å²) in [7, 11) is 0. The van der Waals surface area contributed by atoms with Crippen molar-refractivity contribution in [2.24, 2.45) is 0 Å². The maximum Gasteiger partial charge on any atom is 0.227 e. The van der Waals surface area contributed by atoms with Gasteiger partial charge in [-0.1, -0.05) is 18.2 Å². The van der Waals surface area contributed by atoms with Crippen molar-refractivity contribution in [2.75, 3.05) is 32.8 Å². The van der Waals surface area contributed by atoms with Crippen LogP contribution in [0.5, 0.6) is 0 Å². The molecule has 6 rings (SSSR count). The first kappa shape index (κ1) is 22.4. The first-order chi connectivity index (χ1) is 17.7. The van der Waals surface area contributed by atoms with Gasteiger partial charge in [0.15, 0.2) is 5.82 Å². The first-order valence-electron chi connectivity index (χ1n) is 11.8. The molecule has 13 heteroatoms. The van der Waals surface area contributed by atoms with E-state index in [1.165, 1.54) is 11.0 Å². The molecule has 0 N–H and O–H groups in total. The number of benzene rings is 1. The van der Waals surface area contributed by atoms with E-state index in [2.05, 4.69) is 53.9 Å². The normalized spacial score (nSPS) is 20.3. The monoisotopic (exact) mass is 487 g/mol. The van der Waals surface area contributed by atoms with Crippen LogP contribution >= 0.6 is 0 Å². The fourth-order valence-corrected chi connectivity index (χ4v) is 4.92. The quantitative estimate of drug-likeness (QED) is 0.383. The Hall–Kier alpha value is -4.10. The van der Waals surface area contributed by atoms with Crippen molar-refractivity contribution < 1.29 is 9.53 Å². The summed E-state index contributed by atoms with van der Waals surface area (Å²) in [6.45, 7) is 5.61. The average molecular weight is 488 g/mol. The minimum atomic E-state index is -0.0373. The Balaban J connectivity index is 1.07. The number of fused-ring (bicyclic) bond motifs is 1. The highest BCUT2D eigenvalue weighted by Gasteiger charge is 2.36. The van der Waals surface area contributed by atoms with Crippen LogP contribution in [0.2, 0.25) is 0 Å². The zero-order valence-electron chi connectivity index (χ0n) is 19.8. The van der Waals surface area contributed by atoms with Crippen molar-refractivity contribution >= 4 is 5.91 Å². The van der Waals surface area contributed by atoms with Crippen LogP contribution in [0.15, 0.2) is 49.2 Å². The Labute approximate surface area is 206 Å². The molecule has 4 aromatic rings. The summed E-state index contributed by atoms with van der Waals surface area (Å²) in [5.74, 6) is 0.705. The molecule has 3 aromatic heterocycles. The van der Waals surface area contributed by atoms with Crippen LogP contribution < -0.4 is 0 Å². The molecule has 2 unspecified atom stereocenters. The van der Waals surface area contributed by atoms with E-state index < -0.39 is 0 Å². The maximum atomic E-state index is 13.0. The topological polar surface area (TPSA) is 133 Å². The Morgan fingerprint density at radius 3 is 2.61 bits per heavy atom. The number of hydrogen-bond acceptors (Lipinski definition) is 10. The number of amides is 1. The van der Waals surface area contributed by atoms with Gasteiger partial charge >= 0.3 is 0 Å². The molecule has 0 radical (unpaired) electrons. The third-order valence-electron chi connectivity index (χ3n) is 6.89. The summed E-state index contributed by atoms with van der Waals surface area (Å²) < 4.78 is 9.46. The molecule has 36 heavy (non-hydrogen) atoms. The third-order valence-corrected chi connectivity index (χ3v) is 6.89. The van der Waals surface area contributed by atoms with E-state index >= 15 is 0 Å². The summed E-state index contributed by atoms with van der Waals surface area (Å²) in [5, 5.41) is 22.6. The van der Waals surface area contributed by atoms with Crippen molar-refractivity contribution in [2.45, 2.75) is 25.5 Å². The number of ether oxygens (including phenoxy) is 1. The molecule has 2 fully saturated rings. The lowest BCUT2D eigenvalue weighted by Gasteiger charge is -2.46. The lowest BCUT2D eigenvalue weighted by atomic mass is 9.98. The van der Waals surface area contributed by atoms with Crippen LogP contribution in [0.25, 0.3) is 11.5 Å². The molecule has 0 spiro atoms. The Morgan fingerprint density at radius 2 is 1.86 bits per heavy atom. The number of tetrazole rings is 2. The summed E-state index contributed by atoms with van der Waals surface area (Å²) in [5.41, 5.74) is 4.04. The van der Waals surface area contributed by atoms with Crippen LogP contribution in [0, 0.1) is 6.92 Å². The van der Waals surface area contributed by atoms with Gasteiger partial charge in [0.1, 0.15) is 12.7 Å². The minimum Gasteiger partial charge on any atom is -0.370 e. The maximum absolute atomic E-state index is 13.0. The van der Waals surface area contributed by atoms with Gasteiger partial charge in [-0.3, -0.25) is 9.69 Å². The number of aromatic nitrogens is 9. The summed E-state index contributed by atoms with van der Waals surface area (Å²) in [6, 6.07) is 9.99. The number of hydrogen-bond donors (Lipinski definition) is 0. The number of carbonyl (C=O) groups is 1. The highest BCUT2D eigenvalue weighted by Crippen LogP contribution is 2.31. The van der Waals surface area contributed by atoms with Crippen LogP contribution in [0.3, 0.4) is 0 Å². The van der Waals surface area contributed by atoms with Gasteiger partial charge in [0.2, 0.25) is 5.91 Å². The number of carbonyl (C=O) groups excluding carboxylic acids is 1. The van der Waals surface area contributed by atoms with Gasteiger partial charge in [-0.25, -0.2) is 9.67 Å². The predicted octanol–water partition coefficient (Wildman–Crippen LogP) is 0.168. The average Bonchev–Trinajstić information content (AvgIpc) is 3.64. The second kappa shape index (κ2) is 9.51. The molecule has 0 bridgehead atoms. The van der Waals surface area contributed by atoms with Gasteiger partial charge in [-0.15, -0.1) is 10.2 Å². The van der Waals surface area contributed by atoms with E-state index in [1.807, 2.05) is 29.2 Å². The molecular formula is C23H25N11O2. The fraction of sp³-hybridized carbons (Fsp3) is 0.391. The second-order valence-electron chi connectivity index (χ2n) is 9.01. The van der Waals surface area contributed by atoms with Crippen molar-refractivity contribution in [1.29, 1.82) is 0 Å². The number of morpholine rings is 1. The molecule has 2 aliphatic rings. The van der Waals surface area contributed by atoms with Crippen LogP contribution in [-0.4, -0.2) is 99.9 Å².